The first-order valence-electron chi connectivity index (χ1n) is 5.73. The number of carbonyl (C=O) groups excluding carboxylic acids is 1. The number of benzene rings is 1. The van der Waals surface area contributed by atoms with Gasteiger partial charge >= 0.3 is 0 Å². The Kier molecular flexibility index (Phi) is 5.01. The summed E-state index contributed by atoms with van der Waals surface area (Å²) in [6.45, 7) is 3.25. The summed E-state index contributed by atoms with van der Waals surface area (Å²) in [5.74, 6) is -3.51. The molecule has 0 aliphatic rings. The van der Waals surface area contributed by atoms with Crippen molar-refractivity contribution in [1.29, 1.82) is 0 Å². The summed E-state index contributed by atoms with van der Waals surface area (Å²) < 4.78 is 52.5. The average molecular weight is 307 g/mol. The van der Waals surface area contributed by atoms with E-state index >= 15 is 0 Å². The second-order valence-electron chi connectivity index (χ2n) is 4.05. The molecule has 1 aromatic carbocycles. The number of likely N-dealkylation sites (N-methyl/N-ethyl adjacent to an activating group) is 1. The molecule has 1 amide bonds. The number of nitrogens with one attached hydrogen (secondary N) is 2. The van der Waals surface area contributed by atoms with Crippen LogP contribution < -0.4 is 15.8 Å². The van der Waals surface area contributed by atoms with Crippen LogP contribution in [0, 0.1) is 11.6 Å². The number of hydrogen-bond acceptors (Lipinski definition) is 4. The van der Waals surface area contributed by atoms with E-state index in [1.165, 1.54) is 6.92 Å². The van der Waals surface area contributed by atoms with Gasteiger partial charge in [0.2, 0.25) is 15.9 Å². The highest BCUT2D eigenvalue weighted by molar-refractivity contribution is 7.89. The van der Waals surface area contributed by atoms with Gasteiger partial charge < -0.3 is 11.1 Å². The summed E-state index contributed by atoms with van der Waals surface area (Å²) in [7, 11) is -4.40. The highest BCUT2D eigenvalue weighted by Crippen LogP contribution is 2.21. The van der Waals surface area contributed by atoms with E-state index < -0.39 is 38.5 Å². The quantitative estimate of drug-likeness (QED) is 0.683. The van der Waals surface area contributed by atoms with Gasteiger partial charge in [0.1, 0.15) is 4.90 Å². The molecule has 0 spiro atoms. The zero-order chi connectivity index (χ0) is 15.5. The fourth-order valence-electron chi connectivity index (χ4n) is 1.46. The second kappa shape index (κ2) is 6.14. The summed E-state index contributed by atoms with van der Waals surface area (Å²) in [4.78, 5) is 10.5. The van der Waals surface area contributed by atoms with Gasteiger partial charge in [0.15, 0.2) is 11.6 Å². The fourth-order valence-corrected chi connectivity index (χ4v) is 2.78. The number of nitrogen functional groups attached to an aromatic ring is 1. The van der Waals surface area contributed by atoms with Gasteiger partial charge in [-0.1, -0.05) is 0 Å². The topological polar surface area (TPSA) is 101 Å². The smallest absolute Gasteiger partial charge is 0.244 e. The standard InChI is InChI=1S/C11H15F2N3O3S/c1-3-15-11(17)6(2)16-20(18,19)9-5-7(14)4-8(12)10(9)13/h4-6,16H,3,14H2,1-2H3,(H,15,17). The Morgan fingerprint density at radius 2 is 2.00 bits per heavy atom. The Morgan fingerprint density at radius 1 is 1.40 bits per heavy atom. The molecule has 1 unspecified atom stereocenters. The van der Waals surface area contributed by atoms with Crippen LogP contribution in [0.25, 0.3) is 0 Å². The maximum Gasteiger partial charge on any atom is 0.244 e. The molecule has 0 bridgehead atoms. The number of nitrogens with two attached hydrogens (primary N) is 1. The Labute approximate surface area is 115 Å². The normalized spacial score (nSPS) is 13.0. The first-order chi connectivity index (χ1) is 9.19. The van der Waals surface area contributed by atoms with Crippen LogP contribution in [0.2, 0.25) is 0 Å². The first kappa shape index (κ1) is 16.3. The van der Waals surface area contributed by atoms with Crippen LogP contribution in [-0.2, 0) is 14.8 Å². The van der Waals surface area contributed by atoms with E-state index in [9.17, 15) is 22.0 Å². The van der Waals surface area contributed by atoms with E-state index in [0.29, 0.717) is 12.6 Å². The molecule has 0 saturated carbocycles. The van der Waals surface area contributed by atoms with Crippen LogP contribution in [0.15, 0.2) is 17.0 Å². The molecular weight excluding hydrogens is 292 g/mol. The van der Waals surface area contributed by atoms with Gasteiger partial charge in [-0.05, 0) is 26.0 Å². The van der Waals surface area contributed by atoms with Crippen LogP contribution in [0.3, 0.4) is 0 Å². The minimum absolute atomic E-state index is 0.241. The van der Waals surface area contributed by atoms with Crippen molar-refractivity contribution < 1.29 is 22.0 Å². The Balaban J connectivity index is 3.09. The molecule has 0 fully saturated rings. The van der Waals surface area contributed by atoms with Crippen LogP contribution in [0.5, 0.6) is 0 Å². The van der Waals surface area contributed by atoms with Crippen molar-refractivity contribution in [2.75, 3.05) is 12.3 Å². The van der Waals surface area contributed by atoms with Gasteiger partial charge in [-0.3, -0.25) is 4.79 Å². The van der Waals surface area contributed by atoms with Crippen LogP contribution in [-0.4, -0.2) is 26.9 Å². The van der Waals surface area contributed by atoms with Gasteiger partial charge in [0.25, 0.3) is 0 Å². The number of anilines is 1. The molecule has 0 saturated heterocycles. The zero-order valence-electron chi connectivity index (χ0n) is 10.9. The van der Waals surface area contributed by atoms with E-state index in [4.69, 9.17) is 5.73 Å². The van der Waals surface area contributed by atoms with Crippen molar-refractivity contribution in [2.45, 2.75) is 24.8 Å². The Bertz CT molecular complexity index is 620. The molecule has 4 N–H and O–H groups in total. The number of halogens is 2. The van der Waals surface area contributed by atoms with Crippen molar-refractivity contribution in [3.8, 4) is 0 Å². The van der Waals surface area contributed by atoms with Gasteiger partial charge in [0.05, 0.1) is 6.04 Å². The maximum atomic E-state index is 13.5. The molecule has 6 nitrogen and oxygen atoms in total. The van der Waals surface area contributed by atoms with E-state index in [1.54, 1.807) is 6.92 Å². The number of rotatable bonds is 5. The zero-order valence-corrected chi connectivity index (χ0v) is 11.7. The number of carbonyl (C=O) groups is 1. The van der Waals surface area contributed by atoms with E-state index in [1.807, 2.05) is 4.72 Å². The highest BCUT2D eigenvalue weighted by Gasteiger charge is 2.26. The molecule has 0 aliphatic heterocycles. The van der Waals surface area contributed by atoms with Crippen LogP contribution in [0.1, 0.15) is 13.8 Å². The predicted octanol–water partition coefficient (Wildman–Crippen LogP) is 0.350. The fraction of sp³-hybridized carbons (Fsp3) is 0.364. The number of sulfonamides is 1. The van der Waals surface area contributed by atoms with Crippen molar-refractivity contribution in [3.05, 3.63) is 23.8 Å². The molecule has 0 aliphatic carbocycles. The molecule has 0 heterocycles. The van der Waals surface area contributed by atoms with Gasteiger partial charge in [-0.25, -0.2) is 17.2 Å². The Morgan fingerprint density at radius 3 is 2.55 bits per heavy atom. The molecular formula is C11H15F2N3O3S. The maximum absolute atomic E-state index is 13.5. The van der Waals surface area contributed by atoms with Crippen molar-refractivity contribution in [3.63, 3.8) is 0 Å². The van der Waals surface area contributed by atoms with Crippen LogP contribution in [0.4, 0.5) is 14.5 Å². The molecule has 112 valence electrons. The van der Waals surface area contributed by atoms with Crippen molar-refractivity contribution in [2.24, 2.45) is 0 Å². The van der Waals surface area contributed by atoms with Gasteiger partial charge in [-0.2, -0.15) is 4.72 Å². The summed E-state index contributed by atoms with van der Waals surface area (Å²) in [5, 5.41) is 2.40. The highest BCUT2D eigenvalue weighted by atomic mass is 32.2. The lowest BCUT2D eigenvalue weighted by Gasteiger charge is -2.14. The largest absolute Gasteiger partial charge is 0.399 e. The molecule has 0 aromatic heterocycles. The SMILES string of the molecule is CCNC(=O)C(C)NS(=O)(=O)c1cc(N)cc(F)c1F. The molecule has 1 aromatic rings. The summed E-state index contributed by atoms with van der Waals surface area (Å²) in [5.41, 5.74) is 5.04. The van der Waals surface area contributed by atoms with Crippen LogP contribution >= 0.6 is 0 Å². The summed E-state index contributed by atoms with van der Waals surface area (Å²) >= 11 is 0. The van der Waals surface area contributed by atoms with Gasteiger partial charge in [0, 0.05) is 12.2 Å². The van der Waals surface area contributed by atoms with E-state index in [2.05, 4.69) is 5.32 Å². The van der Waals surface area contributed by atoms with E-state index in [0.717, 1.165) is 6.07 Å². The predicted molar refractivity (Wildman–Crippen MR) is 69.2 cm³/mol. The molecule has 20 heavy (non-hydrogen) atoms. The lowest BCUT2D eigenvalue weighted by Crippen LogP contribution is -2.44. The lowest BCUT2D eigenvalue weighted by atomic mass is 10.3. The van der Waals surface area contributed by atoms with Crippen molar-refractivity contribution in [1.82, 2.24) is 10.0 Å². The second-order valence-corrected chi connectivity index (χ2v) is 5.73. The minimum Gasteiger partial charge on any atom is -0.399 e. The molecule has 9 heteroatoms. The van der Waals surface area contributed by atoms with Crippen molar-refractivity contribution >= 4 is 21.6 Å². The molecule has 1 rings (SSSR count). The Hall–Kier alpha value is -1.74. The first-order valence-corrected chi connectivity index (χ1v) is 7.22. The van der Waals surface area contributed by atoms with Gasteiger partial charge in [-0.15, -0.1) is 0 Å². The number of hydrogen-bond donors (Lipinski definition) is 3. The molecule has 1 atom stereocenters. The third-order valence-electron chi connectivity index (χ3n) is 2.38. The summed E-state index contributed by atoms with van der Waals surface area (Å²) in [6, 6.07) is 0.316. The number of amides is 1. The lowest BCUT2D eigenvalue weighted by molar-refractivity contribution is -0.122. The monoisotopic (exact) mass is 307 g/mol. The third-order valence-corrected chi connectivity index (χ3v) is 3.92. The molecule has 0 radical (unpaired) electrons. The third kappa shape index (κ3) is 3.64. The summed E-state index contributed by atoms with van der Waals surface area (Å²) in [6.07, 6.45) is 0. The minimum atomic E-state index is -4.40. The average Bonchev–Trinajstić information content (AvgIpc) is 2.33. The van der Waals surface area contributed by atoms with E-state index in [-0.39, 0.29) is 5.69 Å².